The summed E-state index contributed by atoms with van der Waals surface area (Å²) in [6.07, 6.45) is 1.14. The van der Waals surface area contributed by atoms with E-state index in [1.807, 2.05) is 29.6 Å². The standard InChI is InChI=1S/C16H19ClN2O2S/c1-19(8-5-9-21-2)15(20)10-12-11-22-16(18-12)13-6-3-4-7-14(13)17/h3-4,6-7,11H,5,8-10H2,1-2H3. The molecule has 0 aliphatic heterocycles. The third kappa shape index (κ3) is 4.53. The van der Waals surface area contributed by atoms with E-state index >= 15 is 0 Å². The lowest BCUT2D eigenvalue weighted by Gasteiger charge is -2.16. The first-order valence-electron chi connectivity index (χ1n) is 7.04. The number of halogens is 1. The molecule has 2 aromatic rings. The maximum absolute atomic E-state index is 12.1. The lowest BCUT2D eigenvalue weighted by atomic mass is 10.2. The van der Waals surface area contributed by atoms with Crippen LogP contribution in [0.15, 0.2) is 29.6 Å². The predicted molar refractivity (Wildman–Crippen MR) is 90.4 cm³/mol. The highest BCUT2D eigenvalue weighted by molar-refractivity contribution is 7.13. The van der Waals surface area contributed by atoms with Crippen LogP contribution >= 0.6 is 22.9 Å². The molecule has 0 atom stereocenters. The molecule has 0 saturated carbocycles. The first-order chi connectivity index (χ1) is 10.6. The fourth-order valence-corrected chi connectivity index (χ4v) is 3.15. The SMILES string of the molecule is COCCCN(C)C(=O)Cc1csc(-c2ccccc2Cl)n1. The first-order valence-corrected chi connectivity index (χ1v) is 8.29. The van der Waals surface area contributed by atoms with Gasteiger partial charge in [0.2, 0.25) is 5.91 Å². The minimum absolute atomic E-state index is 0.0621. The van der Waals surface area contributed by atoms with Crippen molar-refractivity contribution in [2.24, 2.45) is 0 Å². The molecule has 0 unspecified atom stereocenters. The number of benzene rings is 1. The monoisotopic (exact) mass is 338 g/mol. The van der Waals surface area contributed by atoms with Crippen LogP contribution in [0.5, 0.6) is 0 Å². The van der Waals surface area contributed by atoms with Crippen molar-refractivity contribution in [1.82, 2.24) is 9.88 Å². The maximum Gasteiger partial charge on any atom is 0.228 e. The van der Waals surface area contributed by atoms with Gasteiger partial charge in [-0.05, 0) is 12.5 Å². The van der Waals surface area contributed by atoms with Crippen LogP contribution in [0.1, 0.15) is 12.1 Å². The Bertz CT molecular complexity index is 630. The summed E-state index contributed by atoms with van der Waals surface area (Å²) in [6, 6.07) is 7.59. The maximum atomic E-state index is 12.1. The number of hydrogen-bond acceptors (Lipinski definition) is 4. The van der Waals surface area contributed by atoms with Crippen LogP contribution in [-0.2, 0) is 16.0 Å². The van der Waals surface area contributed by atoms with Crippen molar-refractivity contribution < 1.29 is 9.53 Å². The molecule has 0 saturated heterocycles. The van der Waals surface area contributed by atoms with Crippen LogP contribution in [0, 0.1) is 0 Å². The second-order valence-electron chi connectivity index (χ2n) is 4.96. The molecule has 0 spiro atoms. The summed E-state index contributed by atoms with van der Waals surface area (Å²) in [5, 5.41) is 3.43. The number of carbonyl (C=O) groups excluding carboxylic acids is 1. The Labute approximate surface area is 139 Å². The molecule has 0 fully saturated rings. The number of likely N-dealkylation sites (N-methyl/N-ethyl adjacent to an activating group) is 1. The molecule has 1 aromatic heterocycles. The fourth-order valence-electron chi connectivity index (χ4n) is 2.01. The zero-order valence-corrected chi connectivity index (χ0v) is 14.3. The molecule has 1 amide bonds. The zero-order valence-electron chi connectivity index (χ0n) is 12.7. The van der Waals surface area contributed by atoms with Gasteiger partial charge in [-0.15, -0.1) is 11.3 Å². The quantitative estimate of drug-likeness (QED) is 0.726. The van der Waals surface area contributed by atoms with E-state index in [1.165, 1.54) is 11.3 Å². The molecule has 1 heterocycles. The van der Waals surface area contributed by atoms with E-state index in [0.717, 1.165) is 22.7 Å². The normalized spacial score (nSPS) is 10.7. The molecule has 0 bridgehead atoms. The number of nitrogens with zero attached hydrogens (tertiary/aromatic N) is 2. The Kier molecular flexibility index (Phi) is 6.36. The molecule has 0 aliphatic carbocycles. The van der Waals surface area contributed by atoms with Crippen LogP contribution in [-0.4, -0.2) is 43.1 Å². The first kappa shape index (κ1) is 16.9. The second kappa shape index (κ2) is 8.27. The molecular formula is C16H19ClN2O2S. The number of rotatable bonds is 7. The third-order valence-electron chi connectivity index (χ3n) is 3.26. The van der Waals surface area contributed by atoms with Gasteiger partial charge in [0, 0.05) is 38.3 Å². The molecule has 0 radical (unpaired) electrons. The van der Waals surface area contributed by atoms with E-state index in [4.69, 9.17) is 16.3 Å². The van der Waals surface area contributed by atoms with Crippen molar-refractivity contribution >= 4 is 28.8 Å². The molecule has 6 heteroatoms. The van der Waals surface area contributed by atoms with Crippen molar-refractivity contribution in [3.8, 4) is 10.6 Å². The Balaban J connectivity index is 1.97. The highest BCUT2D eigenvalue weighted by Crippen LogP contribution is 2.30. The van der Waals surface area contributed by atoms with Gasteiger partial charge in [0.05, 0.1) is 17.1 Å². The van der Waals surface area contributed by atoms with Gasteiger partial charge in [0.25, 0.3) is 0 Å². The van der Waals surface area contributed by atoms with Crippen molar-refractivity contribution in [3.63, 3.8) is 0 Å². The van der Waals surface area contributed by atoms with E-state index in [-0.39, 0.29) is 5.91 Å². The van der Waals surface area contributed by atoms with E-state index in [1.54, 1.807) is 19.1 Å². The molecule has 22 heavy (non-hydrogen) atoms. The summed E-state index contributed by atoms with van der Waals surface area (Å²) in [6.45, 7) is 1.35. The third-order valence-corrected chi connectivity index (χ3v) is 4.51. The lowest BCUT2D eigenvalue weighted by Crippen LogP contribution is -2.29. The van der Waals surface area contributed by atoms with Gasteiger partial charge in [0.15, 0.2) is 0 Å². The van der Waals surface area contributed by atoms with Gasteiger partial charge in [-0.2, -0.15) is 0 Å². The smallest absolute Gasteiger partial charge is 0.228 e. The van der Waals surface area contributed by atoms with Gasteiger partial charge in [-0.3, -0.25) is 4.79 Å². The van der Waals surface area contributed by atoms with Crippen molar-refractivity contribution in [3.05, 3.63) is 40.4 Å². The summed E-state index contributed by atoms with van der Waals surface area (Å²) in [5.74, 6) is 0.0621. The van der Waals surface area contributed by atoms with Crippen LogP contribution in [0.3, 0.4) is 0 Å². The molecule has 4 nitrogen and oxygen atoms in total. The molecule has 2 rings (SSSR count). The van der Waals surface area contributed by atoms with E-state index < -0.39 is 0 Å². The number of methoxy groups -OCH3 is 1. The van der Waals surface area contributed by atoms with Gasteiger partial charge < -0.3 is 9.64 Å². The Hall–Kier alpha value is -1.43. The summed E-state index contributed by atoms with van der Waals surface area (Å²) >= 11 is 7.68. The highest BCUT2D eigenvalue weighted by Gasteiger charge is 2.13. The summed E-state index contributed by atoms with van der Waals surface area (Å²) in [4.78, 5) is 18.4. The average molecular weight is 339 g/mol. The van der Waals surface area contributed by atoms with E-state index in [0.29, 0.717) is 24.6 Å². The molecular weight excluding hydrogens is 320 g/mol. The topological polar surface area (TPSA) is 42.4 Å². The largest absolute Gasteiger partial charge is 0.385 e. The predicted octanol–water partition coefficient (Wildman–Crippen LogP) is 3.50. The van der Waals surface area contributed by atoms with Gasteiger partial charge in [-0.25, -0.2) is 4.98 Å². The Morgan fingerprint density at radius 3 is 2.91 bits per heavy atom. The van der Waals surface area contributed by atoms with Crippen molar-refractivity contribution in [2.75, 3.05) is 27.3 Å². The van der Waals surface area contributed by atoms with E-state index in [9.17, 15) is 4.79 Å². The highest BCUT2D eigenvalue weighted by atomic mass is 35.5. The lowest BCUT2D eigenvalue weighted by molar-refractivity contribution is -0.129. The van der Waals surface area contributed by atoms with Crippen molar-refractivity contribution in [2.45, 2.75) is 12.8 Å². The van der Waals surface area contributed by atoms with E-state index in [2.05, 4.69) is 4.98 Å². The summed E-state index contributed by atoms with van der Waals surface area (Å²) in [5.41, 5.74) is 1.69. The van der Waals surface area contributed by atoms with Crippen LogP contribution in [0.2, 0.25) is 5.02 Å². The number of amides is 1. The second-order valence-corrected chi connectivity index (χ2v) is 6.23. The minimum Gasteiger partial charge on any atom is -0.385 e. The molecule has 0 N–H and O–H groups in total. The minimum atomic E-state index is 0.0621. The number of ether oxygens (including phenoxy) is 1. The summed E-state index contributed by atoms with van der Waals surface area (Å²) in [7, 11) is 3.46. The number of hydrogen-bond donors (Lipinski definition) is 0. The van der Waals surface area contributed by atoms with Crippen LogP contribution in [0.4, 0.5) is 0 Å². The number of aromatic nitrogens is 1. The van der Waals surface area contributed by atoms with Crippen LogP contribution in [0.25, 0.3) is 10.6 Å². The Morgan fingerprint density at radius 1 is 1.41 bits per heavy atom. The number of thiazole rings is 1. The average Bonchev–Trinajstić information content (AvgIpc) is 2.96. The molecule has 118 valence electrons. The molecule has 1 aromatic carbocycles. The summed E-state index contributed by atoms with van der Waals surface area (Å²) < 4.78 is 4.99. The zero-order chi connectivity index (χ0) is 15.9. The van der Waals surface area contributed by atoms with Crippen LogP contribution < -0.4 is 0 Å². The number of carbonyl (C=O) groups is 1. The van der Waals surface area contributed by atoms with Gasteiger partial charge >= 0.3 is 0 Å². The molecule has 0 aliphatic rings. The van der Waals surface area contributed by atoms with Gasteiger partial charge in [0.1, 0.15) is 5.01 Å². The Morgan fingerprint density at radius 2 is 2.18 bits per heavy atom. The van der Waals surface area contributed by atoms with Crippen molar-refractivity contribution in [1.29, 1.82) is 0 Å². The fraction of sp³-hybridized carbons (Fsp3) is 0.375. The van der Waals surface area contributed by atoms with Gasteiger partial charge in [-0.1, -0.05) is 29.8 Å².